The molecule has 1 nitrogen and oxygen atoms in total. The van der Waals surface area contributed by atoms with Crippen molar-refractivity contribution in [3.05, 3.63) is 34.4 Å². The van der Waals surface area contributed by atoms with Crippen molar-refractivity contribution in [2.45, 2.75) is 6.42 Å². The van der Waals surface area contributed by atoms with Crippen LogP contribution in [-0.2, 0) is 6.42 Å². The van der Waals surface area contributed by atoms with Gasteiger partial charge in [-0.2, -0.15) is 0 Å². The molecule has 0 aliphatic rings. The van der Waals surface area contributed by atoms with Crippen molar-refractivity contribution in [3.8, 4) is 0 Å². The smallest absolute Gasteiger partial charge is 0.445 e. The number of thiophene rings is 1. The normalized spacial score (nSPS) is 11.4. The summed E-state index contributed by atoms with van der Waals surface area (Å²) >= 11 is 1.62. The van der Waals surface area contributed by atoms with Crippen LogP contribution in [0.5, 0.6) is 0 Å². The molecular weight excluding hydrogens is 273 g/mol. The number of nitrogens with zero attached hydrogens (tertiary/aromatic N) is 1. The molecule has 0 atom stereocenters. The van der Waals surface area contributed by atoms with Crippen molar-refractivity contribution in [1.82, 2.24) is 4.90 Å². The van der Waals surface area contributed by atoms with Gasteiger partial charge < -0.3 is 17.8 Å². The van der Waals surface area contributed by atoms with Crippen molar-refractivity contribution in [1.29, 1.82) is 0 Å². The first-order valence-electron chi connectivity index (χ1n) is 4.98. The van der Waals surface area contributed by atoms with Gasteiger partial charge in [0.2, 0.25) is 0 Å². The summed E-state index contributed by atoms with van der Waals surface area (Å²) in [6.07, 6.45) is 0.784. The Morgan fingerprint density at radius 3 is 2.59 bits per heavy atom. The van der Waals surface area contributed by atoms with E-state index in [1.807, 2.05) is 17.5 Å². The van der Waals surface area contributed by atoms with Crippen LogP contribution in [0.25, 0.3) is 0 Å². The molecule has 0 unspecified atom stereocenters. The molecule has 1 heterocycles. The summed E-state index contributed by atoms with van der Waals surface area (Å²) in [5.41, 5.74) is -0.631. The zero-order valence-corrected chi connectivity index (χ0v) is 14.1. The summed E-state index contributed by atoms with van der Waals surface area (Å²) < 4.78 is 36.8. The number of rotatable bonds is 6. The van der Waals surface area contributed by atoms with E-state index in [0.717, 1.165) is 6.42 Å². The molecular formula is C10H14BF3KNS. The zero-order valence-electron chi connectivity index (χ0n) is 10.1. The summed E-state index contributed by atoms with van der Waals surface area (Å²) in [5, 5.41) is 1.97. The predicted molar refractivity (Wildman–Crippen MR) is 63.7 cm³/mol. The van der Waals surface area contributed by atoms with Crippen LogP contribution in [-0.4, -0.2) is 32.0 Å². The van der Waals surface area contributed by atoms with Crippen LogP contribution in [0.1, 0.15) is 4.88 Å². The van der Waals surface area contributed by atoms with Crippen LogP contribution in [0.4, 0.5) is 12.9 Å². The maximum atomic E-state index is 12.3. The molecule has 0 saturated carbocycles. The minimum absolute atomic E-state index is 0. The minimum atomic E-state index is -4.90. The molecule has 0 spiro atoms. The first kappa shape index (κ1) is 17.9. The summed E-state index contributed by atoms with van der Waals surface area (Å²) in [4.78, 5) is 2.84. The molecule has 0 aromatic carbocycles. The molecule has 1 aromatic heterocycles. The van der Waals surface area contributed by atoms with E-state index in [1.165, 1.54) is 4.88 Å². The van der Waals surface area contributed by atoms with E-state index in [2.05, 4.69) is 6.58 Å². The Morgan fingerprint density at radius 2 is 2.12 bits per heavy atom. The maximum absolute atomic E-state index is 12.3. The van der Waals surface area contributed by atoms with Crippen LogP contribution in [0, 0.1) is 0 Å². The molecule has 90 valence electrons. The average Bonchev–Trinajstić information content (AvgIpc) is 2.65. The molecule has 1 rings (SSSR count). The summed E-state index contributed by atoms with van der Waals surface area (Å²) in [7, 11) is 1.68. The van der Waals surface area contributed by atoms with Crippen molar-refractivity contribution in [2.75, 3.05) is 20.1 Å². The van der Waals surface area contributed by atoms with Crippen LogP contribution in [0.15, 0.2) is 29.6 Å². The molecule has 17 heavy (non-hydrogen) atoms. The van der Waals surface area contributed by atoms with Crippen molar-refractivity contribution < 1.29 is 64.3 Å². The first-order chi connectivity index (χ1) is 7.39. The second kappa shape index (κ2) is 8.14. The van der Waals surface area contributed by atoms with Gasteiger partial charge in [-0.05, 0) is 31.5 Å². The quantitative estimate of drug-likeness (QED) is 0.674. The van der Waals surface area contributed by atoms with Gasteiger partial charge in [-0.15, -0.1) is 23.4 Å². The van der Waals surface area contributed by atoms with Gasteiger partial charge in [0.25, 0.3) is 0 Å². The van der Waals surface area contributed by atoms with E-state index in [0.29, 0.717) is 6.54 Å². The number of likely N-dealkylation sites (N-methyl/N-ethyl adjacent to an activating group) is 1. The van der Waals surface area contributed by atoms with E-state index in [4.69, 9.17) is 0 Å². The Labute approximate surface area is 147 Å². The second-order valence-corrected chi connectivity index (χ2v) is 4.83. The Hall–Kier alpha value is 0.891. The van der Waals surface area contributed by atoms with E-state index in [1.54, 1.807) is 23.3 Å². The average molecular weight is 287 g/mol. The van der Waals surface area contributed by atoms with E-state index < -0.39 is 12.4 Å². The molecule has 0 bridgehead atoms. The maximum Gasteiger partial charge on any atom is 1.00 e. The van der Waals surface area contributed by atoms with E-state index in [9.17, 15) is 12.9 Å². The SMILES string of the molecule is C=C(CN(C)CCc1cccs1)[B-](F)(F)F.[K+]. The van der Waals surface area contributed by atoms with Gasteiger partial charge in [0, 0.05) is 11.4 Å². The molecule has 1 aromatic rings. The fourth-order valence-corrected chi connectivity index (χ4v) is 1.98. The standard InChI is InChI=1S/C10H14BF3NS.K/c1-9(11(12,13)14)8-15(2)6-5-10-4-3-7-16-10;/h3-4,7H,1,5-6,8H2,2H3;/q-1;+1. The van der Waals surface area contributed by atoms with Crippen molar-refractivity contribution in [2.24, 2.45) is 0 Å². The number of hydrogen-bond donors (Lipinski definition) is 0. The van der Waals surface area contributed by atoms with Gasteiger partial charge >= 0.3 is 58.4 Å². The summed E-state index contributed by atoms with van der Waals surface area (Å²) in [6.45, 7) is -1.31. The van der Waals surface area contributed by atoms with E-state index >= 15 is 0 Å². The van der Waals surface area contributed by atoms with Crippen molar-refractivity contribution >= 4 is 18.3 Å². The molecule has 0 amide bonds. The molecule has 0 fully saturated rings. The van der Waals surface area contributed by atoms with Crippen LogP contribution >= 0.6 is 11.3 Å². The Balaban J connectivity index is 0.00000256. The third-order valence-corrected chi connectivity index (χ3v) is 3.19. The van der Waals surface area contributed by atoms with Gasteiger partial charge in [-0.1, -0.05) is 6.07 Å². The fraction of sp³-hybridized carbons (Fsp3) is 0.400. The third kappa shape index (κ3) is 7.15. The topological polar surface area (TPSA) is 3.24 Å². The van der Waals surface area contributed by atoms with E-state index in [-0.39, 0.29) is 57.9 Å². The summed E-state index contributed by atoms with van der Waals surface area (Å²) in [6, 6.07) is 3.93. The Bertz CT molecular complexity index is 340. The van der Waals surface area contributed by atoms with Gasteiger partial charge in [0.15, 0.2) is 0 Å². The second-order valence-electron chi connectivity index (χ2n) is 3.80. The molecule has 7 heteroatoms. The third-order valence-electron chi connectivity index (χ3n) is 2.26. The minimum Gasteiger partial charge on any atom is -0.445 e. The Morgan fingerprint density at radius 1 is 1.47 bits per heavy atom. The van der Waals surface area contributed by atoms with Crippen LogP contribution in [0.3, 0.4) is 0 Å². The summed E-state index contributed by atoms with van der Waals surface area (Å²) in [5.74, 6) is 0. The Kier molecular flexibility index (Phi) is 8.57. The van der Waals surface area contributed by atoms with Crippen LogP contribution in [0.2, 0.25) is 0 Å². The molecule has 0 aliphatic carbocycles. The molecule has 0 N–H and O–H groups in total. The largest absolute Gasteiger partial charge is 1.00 e. The molecule has 0 radical (unpaired) electrons. The molecule has 0 saturated heterocycles. The fourth-order valence-electron chi connectivity index (χ4n) is 1.29. The van der Waals surface area contributed by atoms with Gasteiger partial charge in [0.05, 0.1) is 0 Å². The van der Waals surface area contributed by atoms with Gasteiger partial charge in [-0.25, -0.2) is 0 Å². The number of hydrogen-bond acceptors (Lipinski definition) is 2. The first-order valence-corrected chi connectivity index (χ1v) is 5.86. The monoisotopic (exact) mass is 287 g/mol. The van der Waals surface area contributed by atoms with Gasteiger partial charge in [0.1, 0.15) is 0 Å². The predicted octanol–water partition coefficient (Wildman–Crippen LogP) is 0.169. The molecule has 0 aliphatic heterocycles. The zero-order chi connectivity index (χ0) is 12.2. The van der Waals surface area contributed by atoms with Crippen molar-refractivity contribution in [3.63, 3.8) is 0 Å². The number of halogens is 3. The van der Waals surface area contributed by atoms with Crippen LogP contribution < -0.4 is 51.4 Å². The van der Waals surface area contributed by atoms with Gasteiger partial charge in [-0.3, -0.25) is 0 Å².